The summed E-state index contributed by atoms with van der Waals surface area (Å²) in [7, 11) is -3.30. The van der Waals surface area contributed by atoms with Gasteiger partial charge in [0.25, 0.3) is 0 Å². The van der Waals surface area contributed by atoms with Crippen LogP contribution < -0.4 is 4.72 Å². The maximum absolute atomic E-state index is 11.6. The second-order valence-electron chi connectivity index (χ2n) is 5.66. The van der Waals surface area contributed by atoms with Crippen molar-refractivity contribution in [3.05, 3.63) is 36.2 Å². The monoisotopic (exact) mass is 398 g/mol. The van der Waals surface area contributed by atoms with Gasteiger partial charge in [-0.25, -0.2) is 13.1 Å². The SMILES string of the molecule is O=S(=O)(CBr)NCc1cc(-c2ccccn2)n(C2CCCC2)n1. The molecular formula is C15H19BrN4O2S. The van der Waals surface area contributed by atoms with E-state index in [0.29, 0.717) is 11.7 Å². The third kappa shape index (κ3) is 3.99. The molecule has 2 aromatic heterocycles. The molecule has 0 unspecified atom stereocenters. The Bertz CT molecular complexity index is 755. The van der Waals surface area contributed by atoms with Crippen molar-refractivity contribution >= 4 is 26.0 Å². The summed E-state index contributed by atoms with van der Waals surface area (Å²) < 4.78 is 27.6. The fraction of sp³-hybridized carbons (Fsp3) is 0.467. The maximum atomic E-state index is 11.6. The molecule has 0 spiro atoms. The van der Waals surface area contributed by atoms with E-state index in [2.05, 4.69) is 30.7 Å². The molecule has 0 aromatic carbocycles. The van der Waals surface area contributed by atoms with Crippen LogP contribution in [0.2, 0.25) is 0 Å². The summed E-state index contributed by atoms with van der Waals surface area (Å²) in [5, 5.41) is 4.64. The van der Waals surface area contributed by atoms with Crippen molar-refractivity contribution in [3.8, 4) is 11.4 Å². The van der Waals surface area contributed by atoms with Gasteiger partial charge < -0.3 is 0 Å². The highest BCUT2D eigenvalue weighted by Gasteiger charge is 2.22. The molecule has 2 heterocycles. The molecule has 3 rings (SSSR count). The minimum atomic E-state index is -3.30. The van der Waals surface area contributed by atoms with Crippen LogP contribution in [0.15, 0.2) is 30.5 Å². The average molecular weight is 399 g/mol. The predicted molar refractivity (Wildman–Crippen MR) is 92.5 cm³/mol. The van der Waals surface area contributed by atoms with Gasteiger partial charge in [-0.05, 0) is 31.0 Å². The third-order valence-electron chi connectivity index (χ3n) is 4.00. The van der Waals surface area contributed by atoms with Crippen LogP contribution in [0, 0.1) is 0 Å². The number of nitrogens with zero attached hydrogens (tertiary/aromatic N) is 3. The summed E-state index contributed by atoms with van der Waals surface area (Å²) in [6.45, 7) is 0.188. The quantitative estimate of drug-likeness (QED) is 0.758. The molecule has 1 aliphatic rings. The molecule has 1 N–H and O–H groups in total. The van der Waals surface area contributed by atoms with Crippen molar-refractivity contribution in [1.82, 2.24) is 19.5 Å². The van der Waals surface area contributed by atoms with E-state index in [-0.39, 0.29) is 11.2 Å². The highest BCUT2D eigenvalue weighted by molar-refractivity contribution is 9.10. The van der Waals surface area contributed by atoms with E-state index in [1.807, 2.05) is 28.9 Å². The second kappa shape index (κ2) is 7.11. The van der Waals surface area contributed by atoms with Crippen molar-refractivity contribution in [2.24, 2.45) is 0 Å². The first kappa shape index (κ1) is 16.6. The number of halogens is 1. The summed E-state index contributed by atoms with van der Waals surface area (Å²) in [5.74, 6) is 0. The molecule has 0 amide bonds. The summed E-state index contributed by atoms with van der Waals surface area (Å²) in [6, 6.07) is 8.08. The van der Waals surface area contributed by atoms with Gasteiger partial charge in [0.05, 0.1) is 29.7 Å². The lowest BCUT2D eigenvalue weighted by molar-refractivity contribution is 0.466. The van der Waals surface area contributed by atoms with Crippen LogP contribution in [0.3, 0.4) is 0 Å². The van der Waals surface area contributed by atoms with E-state index < -0.39 is 10.0 Å². The van der Waals surface area contributed by atoms with E-state index in [1.165, 1.54) is 12.8 Å². The minimum Gasteiger partial charge on any atom is -0.260 e. The van der Waals surface area contributed by atoms with E-state index in [9.17, 15) is 8.42 Å². The molecular weight excluding hydrogens is 380 g/mol. The number of alkyl halides is 1. The van der Waals surface area contributed by atoms with Gasteiger partial charge in [-0.15, -0.1) is 0 Å². The summed E-state index contributed by atoms with van der Waals surface area (Å²) in [5.41, 5.74) is 2.52. The zero-order valence-corrected chi connectivity index (χ0v) is 15.1. The van der Waals surface area contributed by atoms with E-state index >= 15 is 0 Å². The van der Waals surface area contributed by atoms with Gasteiger partial charge in [0.1, 0.15) is 4.66 Å². The van der Waals surface area contributed by atoms with Crippen LogP contribution in [0.5, 0.6) is 0 Å². The van der Waals surface area contributed by atoms with Crippen LogP contribution in [-0.2, 0) is 16.6 Å². The Morgan fingerprint density at radius 1 is 1.30 bits per heavy atom. The highest BCUT2D eigenvalue weighted by atomic mass is 79.9. The van der Waals surface area contributed by atoms with Gasteiger partial charge in [0.15, 0.2) is 0 Å². The second-order valence-corrected chi connectivity index (χ2v) is 8.77. The molecule has 1 fully saturated rings. The van der Waals surface area contributed by atoms with Gasteiger partial charge in [-0.1, -0.05) is 34.8 Å². The number of hydrogen-bond donors (Lipinski definition) is 1. The zero-order chi connectivity index (χ0) is 16.3. The average Bonchev–Trinajstić information content (AvgIpc) is 3.23. The Morgan fingerprint density at radius 2 is 2.09 bits per heavy atom. The van der Waals surface area contributed by atoms with Crippen molar-refractivity contribution in [3.63, 3.8) is 0 Å². The molecule has 0 bridgehead atoms. The van der Waals surface area contributed by atoms with E-state index in [4.69, 9.17) is 0 Å². The third-order valence-corrected chi connectivity index (χ3v) is 6.68. The smallest absolute Gasteiger partial charge is 0.221 e. The van der Waals surface area contributed by atoms with Crippen LogP contribution in [-0.4, -0.2) is 27.8 Å². The van der Waals surface area contributed by atoms with Crippen molar-refractivity contribution in [1.29, 1.82) is 0 Å². The predicted octanol–water partition coefficient (Wildman–Crippen LogP) is 2.83. The molecule has 0 saturated heterocycles. The Kier molecular flexibility index (Phi) is 5.13. The lowest BCUT2D eigenvalue weighted by Crippen LogP contribution is -2.24. The number of hydrogen-bond acceptors (Lipinski definition) is 4. The molecule has 6 nitrogen and oxygen atoms in total. The molecule has 2 aromatic rings. The normalized spacial score (nSPS) is 16.0. The van der Waals surface area contributed by atoms with Gasteiger partial charge in [-0.2, -0.15) is 5.10 Å². The number of nitrogens with one attached hydrogen (secondary N) is 1. The fourth-order valence-corrected chi connectivity index (χ4v) is 3.82. The lowest BCUT2D eigenvalue weighted by Gasteiger charge is -2.13. The Labute approximate surface area is 144 Å². The molecule has 124 valence electrons. The fourth-order valence-electron chi connectivity index (χ4n) is 2.89. The number of pyridine rings is 1. The van der Waals surface area contributed by atoms with Crippen molar-refractivity contribution in [2.45, 2.75) is 38.3 Å². The largest absolute Gasteiger partial charge is 0.260 e. The van der Waals surface area contributed by atoms with Crippen LogP contribution in [0.25, 0.3) is 11.4 Å². The van der Waals surface area contributed by atoms with Crippen LogP contribution in [0.1, 0.15) is 37.4 Å². The summed E-state index contributed by atoms with van der Waals surface area (Å²) >= 11 is 2.97. The first-order valence-corrected chi connectivity index (χ1v) is 10.4. The van der Waals surface area contributed by atoms with Crippen molar-refractivity contribution in [2.75, 3.05) is 4.66 Å². The first-order valence-electron chi connectivity index (χ1n) is 7.62. The first-order chi connectivity index (χ1) is 11.1. The van der Waals surface area contributed by atoms with E-state index in [0.717, 1.165) is 24.2 Å². The standard InChI is InChI=1S/C15H19BrN4O2S/c16-11-23(21,22)18-10-12-9-15(14-7-3-4-8-17-14)20(19-12)13-5-1-2-6-13/h3-4,7-9,13,18H,1-2,5-6,10-11H2. The lowest BCUT2D eigenvalue weighted by atomic mass is 10.2. The molecule has 0 aliphatic heterocycles. The topological polar surface area (TPSA) is 76.9 Å². The van der Waals surface area contributed by atoms with Gasteiger partial charge >= 0.3 is 0 Å². The Hall–Kier alpha value is -1.25. The number of rotatable bonds is 6. The summed E-state index contributed by atoms with van der Waals surface area (Å²) in [4.78, 5) is 4.41. The maximum Gasteiger partial charge on any atom is 0.221 e. The minimum absolute atomic E-state index is 0.115. The van der Waals surface area contributed by atoms with Gasteiger partial charge in [-0.3, -0.25) is 9.67 Å². The van der Waals surface area contributed by atoms with Crippen LogP contribution in [0.4, 0.5) is 0 Å². The Balaban J connectivity index is 1.90. The van der Waals surface area contributed by atoms with Crippen molar-refractivity contribution < 1.29 is 8.42 Å². The number of aromatic nitrogens is 3. The van der Waals surface area contributed by atoms with Gasteiger partial charge in [0, 0.05) is 6.20 Å². The number of sulfonamides is 1. The molecule has 0 radical (unpaired) electrons. The molecule has 1 aliphatic carbocycles. The summed E-state index contributed by atoms with van der Waals surface area (Å²) in [6.07, 6.45) is 6.38. The zero-order valence-electron chi connectivity index (χ0n) is 12.7. The van der Waals surface area contributed by atoms with Gasteiger partial charge in [0.2, 0.25) is 10.0 Å². The van der Waals surface area contributed by atoms with E-state index in [1.54, 1.807) is 6.20 Å². The Morgan fingerprint density at radius 3 is 2.74 bits per heavy atom. The molecule has 8 heteroatoms. The molecule has 0 atom stereocenters. The molecule has 1 saturated carbocycles. The highest BCUT2D eigenvalue weighted by Crippen LogP contribution is 2.33. The molecule has 23 heavy (non-hydrogen) atoms. The van der Waals surface area contributed by atoms with Crippen LogP contribution >= 0.6 is 15.9 Å².